The van der Waals surface area contributed by atoms with Crippen molar-refractivity contribution in [2.24, 2.45) is 17.8 Å². The van der Waals surface area contributed by atoms with Crippen molar-refractivity contribution in [3.63, 3.8) is 0 Å². The summed E-state index contributed by atoms with van der Waals surface area (Å²) in [7, 11) is 0. The number of ether oxygens (including phenoxy) is 1. The molecule has 0 saturated heterocycles. The second-order valence-electron chi connectivity index (χ2n) is 13.1. The van der Waals surface area contributed by atoms with Crippen molar-refractivity contribution in [1.29, 1.82) is 0 Å². The Hall–Kier alpha value is -2.32. The van der Waals surface area contributed by atoms with Crippen LogP contribution in [0.25, 0.3) is 0 Å². The summed E-state index contributed by atoms with van der Waals surface area (Å²) in [6.07, 6.45) is 6.89. The zero-order valence-corrected chi connectivity index (χ0v) is 24.6. The Morgan fingerprint density at radius 2 is 1.21 bits per heavy atom. The van der Waals surface area contributed by atoms with E-state index in [1.165, 1.54) is 38.5 Å². The summed E-state index contributed by atoms with van der Waals surface area (Å²) in [6.45, 7) is 2.23. The smallest absolute Gasteiger partial charge is 0.399 e. The van der Waals surface area contributed by atoms with Gasteiger partial charge in [-0.1, -0.05) is 51.9 Å². The Morgan fingerprint density at radius 1 is 0.651 bits per heavy atom. The number of benzene rings is 2. The van der Waals surface area contributed by atoms with Gasteiger partial charge in [-0.25, -0.2) is 22.0 Å². The van der Waals surface area contributed by atoms with Crippen molar-refractivity contribution in [3.8, 4) is 5.75 Å². The maximum absolute atomic E-state index is 15.8. The maximum atomic E-state index is 15.8. The molecule has 2 aromatic rings. The van der Waals surface area contributed by atoms with Crippen LogP contribution < -0.4 is 4.74 Å². The largest absolute Gasteiger partial charge is 0.573 e. The lowest BCUT2D eigenvalue weighted by Gasteiger charge is -2.33. The first-order chi connectivity index (χ1) is 20.4. The first-order valence-corrected chi connectivity index (χ1v) is 15.9. The van der Waals surface area contributed by atoms with E-state index in [1.807, 2.05) is 0 Å². The molecular formula is C34H40F8O. The van der Waals surface area contributed by atoms with Crippen LogP contribution in [-0.2, 0) is 12.8 Å². The van der Waals surface area contributed by atoms with Gasteiger partial charge in [-0.3, -0.25) is 0 Å². The van der Waals surface area contributed by atoms with Gasteiger partial charge in [0.15, 0.2) is 23.3 Å². The zero-order chi connectivity index (χ0) is 30.9. The third-order valence-electron chi connectivity index (χ3n) is 10.3. The lowest BCUT2D eigenvalue weighted by molar-refractivity contribution is -0.276. The lowest BCUT2D eigenvalue weighted by Crippen LogP contribution is -2.23. The Labute approximate surface area is 248 Å². The quantitative estimate of drug-likeness (QED) is 0.212. The van der Waals surface area contributed by atoms with Gasteiger partial charge in [0.1, 0.15) is 5.82 Å². The highest BCUT2D eigenvalue weighted by Crippen LogP contribution is 2.46. The van der Waals surface area contributed by atoms with Crippen molar-refractivity contribution in [2.75, 3.05) is 0 Å². The predicted octanol–water partition coefficient (Wildman–Crippen LogP) is 11.2. The van der Waals surface area contributed by atoms with E-state index in [-0.39, 0.29) is 41.0 Å². The van der Waals surface area contributed by atoms with Gasteiger partial charge in [0, 0.05) is 5.56 Å². The van der Waals surface area contributed by atoms with Gasteiger partial charge in [0.25, 0.3) is 0 Å². The van der Waals surface area contributed by atoms with Crippen LogP contribution in [0.5, 0.6) is 5.75 Å². The average Bonchev–Trinajstić information content (AvgIpc) is 2.97. The van der Waals surface area contributed by atoms with Gasteiger partial charge in [-0.05, 0) is 110 Å². The summed E-state index contributed by atoms with van der Waals surface area (Å²) >= 11 is 0. The fourth-order valence-corrected chi connectivity index (χ4v) is 8.02. The monoisotopic (exact) mass is 616 g/mol. The van der Waals surface area contributed by atoms with Crippen LogP contribution in [0.3, 0.4) is 0 Å². The minimum absolute atomic E-state index is 0.153. The third kappa shape index (κ3) is 7.33. The second-order valence-corrected chi connectivity index (χ2v) is 13.1. The third-order valence-corrected chi connectivity index (χ3v) is 10.3. The molecule has 3 aliphatic carbocycles. The van der Waals surface area contributed by atoms with Crippen LogP contribution in [0.15, 0.2) is 12.1 Å². The molecule has 0 bridgehead atoms. The average molecular weight is 617 g/mol. The van der Waals surface area contributed by atoms with Gasteiger partial charge < -0.3 is 4.74 Å². The Morgan fingerprint density at radius 3 is 1.79 bits per heavy atom. The number of halogens is 8. The molecular weight excluding hydrogens is 576 g/mol. The first kappa shape index (κ1) is 32.1. The summed E-state index contributed by atoms with van der Waals surface area (Å²) in [6, 6.07) is 1.62. The molecule has 0 radical (unpaired) electrons. The van der Waals surface area contributed by atoms with Crippen LogP contribution in [0.1, 0.15) is 124 Å². The Bertz CT molecular complexity index is 1250. The number of hydrogen-bond acceptors (Lipinski definition) is 1. The zero-order valence-electron chi connectivity index (χ0n) is 24.6. The van der Waals surface area contributed by atoms with Crippen molar-refractivity contribution in [1.82, 2.24) is 0 Å². The predicted molar refractivity (Wildman–Crippen MR) is 148 cm³/mol. The fraction of sp³-hybridized carbons (Fsp3) is 0.647. The lowest BCUT2D eigenvalue weighted by atomic mass is 9.73. The molecule has 43 heavy (non-hydrogen) atoms. The molecule has 3 aliphatic rings. The standard InChI is InChI=1S/C34H40F8O/c1-2-3-19-4-6-20(7-5-19)8-9-21-10-15-25-26(16-21)31(38)32(39)29(30(25)37)23-13-11-22(12-14-23)24-17-27(35)33(28(36)18-24)43-34(40,41)42/h17-23H,2-16H2,1H3. The van der Waals surface area contributed by atoms with Crippen LogP contribution >= 0.6 is 0 Å². The summed E-state index contributed by atoms with van der Waals surface area (Å²) in [4.78, 5) is 0. The first-order valence-electron chi connectivity index (χ1n) is 15.9. The number of hydrogen-bond donors (Lipinski definition) is 0. The molecule has 0 spiro atoms. The summed E-state index contributed by atoms with van der Waals surface area (Å²) < 4.78 is 116. The summed E-state index contributed by atoms with van der Waals surface area (Å²) in [5.74, 6) is -6.51. The van der Waals surface area contributed by atoms with Gasteiger partial charge in [0.05, 0.1) is 0 Å². The van der Waals surface area contributed by atoms with E-state index >= 15 is 13.2 Å². The molecule has 0 amide bonds. The van der Waals surface area contributed by atoms with Gasteiger partial charge in [-0.15, -0.1) is 13.2 Å². The maximum Gasteiger partial charge on any atom is 0.573 e. The number of fused-ring (bicyclic) bond motifs is 1. The normalized spacial score (nSPS) is 26.3. The van der Waals surface area contributed by atoms with Crippen LogP contribution in [0.4, 0.5) is 35.1 Å². The van der Waals surface area contributed by atoms with Crippen molar-refractivity contribution < 1.29 is 39.9 Å². The number of rotatable bonds is 8. The molecule has 1 unspecified atom stereocenters. The van der Waals surface area contributed by atoms with Gasteiger partial charge in [-0.2, -0.15) is 0 Å². The molecule has 0 aliphatic heterocycles. The second kappa shape index (κ2) is 13.4. The minimum atomic E-state index is -5.24. The molecule has 0 heterocycles. The SMILES string of the molecule is CCCC1CCC(CCC2CCc3c(F)c(C4CCC(c5cc(F)c(OC(F)(F)F)c(F)c5)CC4)c(F)c(F)c3C2)CC1. The molecule has 2 fully saturated rings. The molecule has 1 atom stereocenters. The van der Waals surface area contributed by atoms with E-state index in [1.54, 1.807) is 0 Å². The molecule has 0 aromatic heterocycles. The van der Waals surface area contributed by atoms with E-state index in [2.05, 4.69) is 11.7 Å². The van der Waals surface area contributed by atoms with E-state index < -0.39 is 53.0 Å². The summed E-state index contributed by atoms with van der Waals surface area (Å²) in [5.41, 5.74) is 0.350. The highest BCUT2D eigenvalue weighted by molar-refractivity contribution is 5.41. The van der Waals surface area contributed by atoms with E-state index in [0.717, 1.165) is 37.3 Å². The van der Waals surface area contributed by atoms with Crippen molar-refractivity contribution >= 4 is 0 Å². The van der Waals surface area contributed by atoms with Crippen LogP contribution in [0.2, 0.25) is 0 Å². The molecule has 5 rings (SSSR count). The molecule has 2 aromatic carbocycles. The molecule has 238 valence electrons. The summed E-state index contributed by atoms with van der Waals surface area (Å²) in [5, 5.41) is 0. The van der Waals surface area contributed by atoms with Crippen molar-refractivity contribution in [2.45, 2.75) is 121 Å². The van der Waals surface area contributed by atoms with Crippen molar-refractivity contribution in [3.05, 3.63) is 63.5 Å². The Balaban J connectivity index is 1.22. The minimum Gasteiger partial charge on any atom is -0.399 e. The van der Waals surface area contributed by atoms with E-state index in [0.29, 0.717) is 31.6 Å². The van der Waals surface area contributed by atoms with Gasteiger partial charge >= 0.3 is 6.36 Å². The van der Waals surface area contributed by atoms with E-state index in [9.17, 15) is 22.0 Å². The van der Waals surface area contributed by atoms with Crippen LogP contribution in [0, 0.1) is 46.8 Å². The topological polar surface area (TPSA) is 9.23 Å². The number of alkyl halides is 3. The molecule has 9 heteroatoms. The molecule has 0 N–H and O–H groups in total. The van der Waals surface area contributed by atoms with E-state index in [4.69, 9.17) is 0 Å². The van der Waals surface area contributed by atoms with Crippen LogP contribution in [-0.4, -0.2) is 6.36 Å². The fourth-order valence-electron chi connectivity index (χ4n) is 8.02. The van der Waals surface area contributed by atoms with Gasteiger partial charge in [0.2, 0.25) is 5.75 Å². The Kier molecular flexibility index (Phi) is 9.96. The molecule has 2 saturated carbocycles. The highest BCUT2D eigenvalue weighted by Gasteiger charge is 2.37. The highest BCUT2D eigenvalue weighted by atomic mass is 19.4. The molecule has 1 nitrogen and oxygen atoms in total.